The molecule has 1 saturated carbocycles. The molecular formula is C28H29ClFN5O4. The van der Waals surface area contributed by atoms with Crippen LogP contribution in [0.5, 0.6) is 5.75 Å². The highest BCUT2D eigenvalue weighted by molar-refractivity contribution is 6.31. The second kappa shape index (κ2) is 12.0. The lowest BCUT2D eigenvalue weighted by atomic mass is 10.1. The summed E-state index contributed by atoms with van der Waals surface area (Å²) in [5.41, 5.74) is 1.64. The van der Waals surface area contributed by atoms with Crippen molar-refractivity contribution in [1.82, 2.24) is 14.9 Å². The van der Waals surface area contributed by atoms with E-state index in [-0.39, 0.29) is 22.9 Å². The number of halogens is 2. The number of ether oxygens (including phenoxy) is 2. The van der Waals surface area contributed by atoms with Crippen LogP contribution in [0.25, 0.3) is 10.9 Å². The number of amides is 1. The van der Waals surface area contributed by atoms with Crippen LogP contribution in [0.4, 0.5) is 21.6 Å². The minimum atomic E-state index is -0.518. The van der Waals surface area contributed by atoms with E-state index in [0.29, 0.717) is 52.9 Å². The number of carbonyl (C=O) groups excluding carboxylic acids is 2. The summed E-state index contributed by atoms with van der Waals surface area (Å²) >= 11 is 5.94. The number of rotatable bonds is 10. The normalized spacial score (nSPS) is 17.5. The fourth-order valence-electron chi connectivity index (χ4n) is 4.52. The topological polar surface area (TPSA) is 106 Å². The molecule has 204 valence electrons. The average Bonchev–Trinajstić information content (AvgIpc) is 3.65. The van der Waals surface area contributed by atoms with E-state index < -0.39 is 5.82 Å². The number of nitrogens with one attached hydrogen (secondary N) is 2. The SMILES string of the molecule is COC(=O)[C@@H]1CCCN1CC=CC(=O)Nc1cc2c(Nc3ccc(F)c(Cl)c3)ncnc2cc1OCC1CC1. The second-order valence-corrected chi connectivity index (χ2v) is 10.1. The van der Waals surface area contributed by atoms with Crippen LogP contribution >= 0.6 is 11.6 Å². The first-order valence-electron chi connectivity index (χ1n) is 12.8. The zero-order chi connectivity index (χ0) is 27.4. The van der Waals surface area contributed by atoms with Gasteiger partial charge in [0.25, 0.3) is 0 Å². The summed E-state index contributed by atoms with van der Waals surface area (Å²) in [6, 6.07) is 7.53. The molecule has 1 aromatic heterocycles. The Hall–Kier alpha value is -3.76. The smallest absolute Gasteiger partial charge is 0.323 e. The number of nitrogens with zero attached hydrogens (tertiary/aromatic N) is 3. The molecule has 0 unspecified atom stereocenters. The summed E-state index contributed by atoms with van der Waals surface area (Å²) in [6.07, 6.45) is 8.49. The van der Waals surface area contributed by atoms with Crippen LogP contribution in [-0.4, -0.2) is 59.6 Å². The molecule has 3 aromatic rings. The van der Waals surface area contributed by atoms with Crippen LogP contribution in [0.15, 0.2) is 48.8 Å². The van der Waals surface area contributed by atoms with Crippen molar-refractivity contribution in [1.29, 1.82) is 0 Å². The molecule has 0 radical (unpaired) electrons. The van der Waals surface area contributed by atoms with Gasteiger partial charge in [-0.2, -0.15) is 0 Å². The van der Waals surface area contributed by atoms with Crippen molar-refractivity contribution >= 4 is 51.6 Å². The van der Waals surface area contributed by atoms with Gasteiger partial charge in [0.1, 0.15) is 29.8 Å². The number of likely N-dealkylation sites (tertiary alicyclic amines) is 1. The van der Waals surface area contributed by atoms with E-state index >= 15 is 0 Å². The summed E-state index contributed by atoms with van der Waals surface area (Å²) < 4.78 is 24.6. The molecule has 39 heavy (non-hydrogen) atoms. The molecule has 2 fully saturated rings. The Kier molecular flexibility index (Phi) is 8.23. The van der Waals surface area contributed by atoms with Gasteiger partial charge in [-0.05, 0) is 62.4 Å². The largest absolute Gasteiger partial charge is 0.491 e. The van der Waals surface area contributed by atoms with Gasteiger partial charge in [0.15, 0.2) is 0 Å². The monoisotopic (exact) mass is 553 g/mol. The zero-order valence-electron chi connectivity index (χ0n) is 21.5. The predicted octanol–water partition coefficient (Wildman–Crippen LogP) is 5.09. The zero-order valence-corrected chi connectivity index (χ0v) is 22.2. The molecule has 5 rings (SSSR count). The molecular weight excluding hydrogens is 525 g/mol. The van der Waals surface area contributed by atoms with Crippen molar-refractivity contribution in [2.24, 2.45) is 5.92 Å². The molecule has 2 aromatic carbocycles. The number of aromatic nitrogens is 2. The van der Waals surface area contributed by atoms with Crippen molar-refractivity contribution in [3.8, 4) is 5.75 Å². The maximum absolute atomic E-state index is 13.6. The lowest BCUT2D eigenvalue weighted by Crippen LogP contribution is -2.36. The summed E-state index contributed by atoms with van der Waals surface area (Å²) in [6.45, 7) is 1.78. The van der Waals surface area contributed by atoms with Crippen LogP contribution in [0, 0.1) is 11.7 Å². The molecule has 1 amide bonds. The average molecular weight is 554 g/mol. The van der Waals surface area contributed by atoms with Gasteiger partial charge in [0.2, 0.25) is 5.91 Å². The van der Waals surface area contributed by atoms with Crippen LogP contribution in [0.1, 0.15) is 25.7 Å². The first kappa shape index (κ1) is 26.8. The number of carbonyl (C=O) groups is 2. The summed E-state index contributed by atoms with van der Waals surface area (Å²) in [4.78, 5) is 35.6. The van der Waals surface area contributed by atoms with Crippen LogP contribution < -0.4 is 15.4 Å². The molecule has 2 N–H and O–H groups in total. The van der Waals surface area contributed by atoms with Gasteiger partial charge in [-0.15, -0.1) is 0 Å². The fourth-order valence-corrected chi connectivity index (χ4v) is 4.70. The Morgan fingerprint density at radius 2 is 2.05 bits per heavy atom. The van der Waals surface area contributed by atoms with E-state index in [2.05, 4.69) is 20.6 Å². The number of benzene rings is 2. The van der Waals surface area contributed by atoms with Gasteiger partial charge in [-0.1, -0.05) is 17.7 Å². The quantitative estimate of drug-likeness (QED) is 0.264. The molecule has 1 aliphatic heterocycles. The van der Waals surface area contributed by atoms with Gasteiger partial charge in [-0.3, -0.25) is 14.5 Å². The molecule has 2 heterocycles. The number of hydrogen-bond acceptors (Lipinski definition) is 8. The highest BCUT2D eigenvalue weighted by Crippen LogP contribution is 2.36. The number of esters is 1. The Labute approximate surface area is 230 Å². The predicted molar refractivity (Wildman–Crippen MR) is 147 cm³/mol. The summed E-state index contributed by atoms with van der Waals surface area (Å²) in [5.74, 6) is 0.375. The van der Waals surface area contributed by atoms with E-state index in [0.717, 1.165) is 32.2 Å². The molecule has 11 heteroatoms. The van der Waals surface area contributed by atoms with Crippen molar-refractivity contribution in [2.45, 2.75) is 31.7 Å². The molecule has 0 bridgehead atoms. The van der Waals surface area contributed by atoms with Crippen LogP contribution in [-0.2, 0) is 14.3 Å². The molecule has 0 spiro atoms. The third-order valence-corrected chi connectivity index (χ3v) is 7.08. The Morgan fingerprint density at radius 1 is 1.21 bits per heavy atom. The van der Waals surface area contributed by atoms with Crippen LogP contribution in [0.2, 0.25) is 5.02 Å². The van der Waals surface area contributed by atoms with Gasteiger partial charge in [0.05, 0.1) is 29.9 Å². The lowest BCUT2D eigenvalue weighted by molar-refractivity contribution is -0.145. The van der Waals surface area contributed by atoms with Gasteiger partial charge < -0.3 is 20.1 Å². The maximum atomic E-state index is 13.6. The molecule has 2 aliphatic rings. The van der Waals surface area contributed by atoms with Gasteiger partial charge in [-0.25, -0.2) is 14.4 Å². The highest BCUT2D eigenvalue weighted by atomic mass is 35.5. The number of anilines is 3. The van der Waals surface area contributed by atoms with Crippen molar-refractivity contribution in [2.75, 3.05) is 37.4 Å². The van der Waals surface area contributed by atoms with Gasteiger partial charge >= 0.3 is 5.97 Å². The molecule has 1 aliphatic carbocycles. The van der Waals surface area contributed by atoms with E-state index in [1.54, 1.807) is 24.3 Å². The molecule has 9 nitrogen and oxygen atoms in total. The maximum Gasteiger partial charge on any atom is 0.323 e. The first-order valence-corrected chi connectivity index (χ1v) is 13.2. The van der Waals surface area contributed by atoms with E-state index in [4.69, 9.17) is 21.1 Å². The van der Waals surface area contributed by atoms with E-state index in [1.807, 2.05) is 4.90 Å². The van der Waals surface area contributed by atoms with Crippen molar-refractivity contribution in [3.05, 3.63) is 59.7 Å². The first-order chi connectivity index (χ1) is 18.9. The van der Waals surface area contributed by atoms with Crippen molar-refractivity contribution in [3.63, 3.8) is 0 Å². The second-order valence-electron chi connectivity index (χ2n) is 9.66. The minimum absolute atomic E-state index is 0.0132. The summed E-state index contributed by atoms with van der Waals surface area (Å²) in [7, 11) is 1.38. The van der Waals surface area contributed by atoms with E-state index in [1.165, 1.54) is 31.6 Å². The molecule has 1 atom stereocenters. The highest BCUT2D eigenvalue weighted by Gasteiger charge is 2.30. The Bertz CT molecular complexity index is 1410. The fraction of sp³-hybridized carbons (Fsp3) is 0.357. The lowest BCUT2D eigenvalue weighted by Gasteiger charge is -2.20. The van der Waals surface area contributed by atoms with Crippen molar-refractivity contribution < 1.29 is 23.5 Å². The van der Waals surface area contributed by atoms with Crippen LogP contribution in [0.3, 0.4) is 0 Å². The number of fused-ring (bicyclic) bond motifs is 1. The standard InChI is InChI=1S/C28H29ClFN5O4/c1-38-28(37)24-4-2-10-35(24)11-3-5-26(36)34-23-13-19-22(14-25(23)39-15-17-6-7-17)31-16-32-27(19)33-18-8-9-21(30)20(29)12-18/h3,5,8-9,12-14,16-17,24H,2,4,6-7,10-11,15H2,1H3,(H,34,36)(H,31,32,33)/t24-/m0/s1. The minimum Gasteiger partial charge on any atom is -0.491 e. The molecule has 1 saturated heterocycles. The summed E-state index contributed by atoms with van der Waals surface area (Å²) in [5, 5.41) is 6.68. The van der Waals surface area contributed by atoms with E-state index in [9.17, 15) is 14.0 Å². The third-order valence-electron chi connectivity index (χ3n) is 6.79. The Balaban J connectivity index is 1.36. The Morgan fingerprint density at radius 3 is 2.82 bits per heavy atom. The number of methoxy groups -OCH3 is 1. The third kappa shape index (κ3) is 6.63. The number of hydrogen-bond donors (Lipinski definition) is 2. The van der Waals surface area contributed by atoms with Gasteiger partial charge in [0, 0.05) is 29.8 Å².